The van der Waals surface area contributed by atoms with Gasteiger partial charge in [-0.15, -0.1) is 35.3 Å². The zero-order valence-corrected chi connectivity index (χ0v) is 17.2. The average molecular weight is 452 g/mol. The number of aliphatic imine (C=N–C) groups is 1. The van der Waals surface area contributed by atoms with Crippen molar-refractivity contribution < 1.29 is 9.53 Å². The average Bonchev–Trinajstić information content (AvgIpc) is 3.18. The molecule has 0 radical (unpaired) electrons. The van der Waals surface area contributed by atoms with Crippen molar-refractivity contribution in [2.45, 2.75) is 52.6 Å². The number of thiazole rings is 1. The first kappa shape index (κ1) is 20.1. The molecule has 1 aromatic heterocycles. The minimum atomic E-state index is -0.297. The normalized spacial score (nSPS) is 15.6. The maximum absolute atomic E-state index is 11.9. The quantitative estimate of drug-likeness (QED) is 0.301. The summed E-state index contributed by atoms with van der Waals surface area (Å²) in [6.45, 7) is 8.76. The zero-order valence-electron chi connectivity index (χ0n) is 14.0. The molecule has 0 spiro atoms. The lowest BCUT2D eigenvalue weighted by atomic mass is 10.3. The number of halogens is 1. The Balaban J connectivity index is 0.00000264. The minimum absolute atomic E-state index is 0. The molecule has 1 fully saturated rings. The molecule has 0 amide bonds. The van der Waals surface area contributed by atoms with E-state index in [-0.39, 0.29) is 36.0 Å². The summed E-state index contributed by atoms with van der Waals surface area (Å²) in [5.41, 5.74) is 0.719. The van der Waals surface area contributed by atoms with Gasteiger partial charge in [-0.2, -0.15) is 0 Å². The van der Waals surface area contributed by atoms with Crippen LogP contribution in [0.25, 0.3) is 0 Å². The molecule has 1 aliphatic rings. The summed E-state index contributed by atoms with van der Waals surface area (Å²) in [5.74, 6) is 0.512. The fraction of sp³-hybridized carbons (Fsp3) is 0.667. The van der Waals surface area contributed by atoms with Gasteiger partial charge in [-0.05, 0) is 40.5 Å². The monoisotopic (exact) mass is 452 g/mol. The van der Waals surface area contributed by atoms with Gasteiger partial charge in [-0.1, -0.05) is 0 Å². The van der Waals surface area contributed by atoms with E-state index >= 15 is 0 Å². The second-order valence-corrected chi connectivity index (χ2v) is 6.33. The second kappa shape index (κ2) is 9.41. The van der Waals surface area contributed by atoms with Crippen molar-refractivity contribution >= 4 is 47.2 Å². The molecule has 1 heterocycles. The number of carbonyl (C=O) groups excluding carboxylic acids is 1. The topological polar surface area (TPSA) is 75.6 Å². The van der Waals surface area contributed by atoms with Crippen LogP contribution in [0.3, 0.4) is 0 Å². The Labute approximate surface area is 158 Å². The van der Waals surface area contributed by atoms with Gasteiger partial charge < -0.3 is 15.4 Å². The van der Waals surface area contributed by atoms with Gasteiger partial charge in [0, 0.05) is 12.6 Å². The van der Waals surface area contributed by atoms with Crippen molar-refractivity contribution in [2.24, 2.45) is 4.99 Å². The van der Waals surface area contributed by atoms with Crippen LogP contribution >= 0.6 is 35.3 Å². The van der Waals surface area contributed by atoms with Crippen LogP contribution in [0.4, 0.5) is 0 Å². The fourth-order valence-electron chi connectivity index (χ4n) is 1.97. The Hall–Kier alpha value is -0.900. The molecule has 130 valence electrons. The summed E-state index contributed by atoms with van der Waals surface area (Å²) >= 11 is 1.38. The van der Waals surface area contributed by atoms with E-state index in [1.54, 1.807) is 6.92 Å². The third-order valence-corrected chi connectivity index (χ3v) is 4.55. The fourth-order valence-corrected chi connectivity index (χ4v) is 2.93. The molecule has 0 aliphatic heterocycles. The summed E-state index contributed by atoms with van der Waals surface area (Å²) in [6.07, 6.45) is 2.39. The highest BCUT2D eigenvalue weighted by atomic mass is 127. The molecule has 1 unspecified atom stereocenters. The first-order chi connectivity index (χ1) is 10.5. The SMILES string of the molecule is CCN=C(NC1CC1)NC(C)c1nc(C)c(C(=O)OCC)s1.I. The molecular formula is C15H25IN4O2S. The highest BCUT2D eigenvalue weighted by molar-refractivity contribution is 14.0. The molecule has 0 saturated heterocycles. The lowest BCUT2D eigenvalue weighted by Crippen LogP contribution is -2.40. The van der Waals surface area contributed by atoms with E-state index in [2.05, 4.69) is 20.6 Å². The molecule has 6 nitrogen and oxygen atoms in total. The molecule has 1 aliphatic carbocycles. The summed E-state index contributed by atoms with van der Waals surface area (Å²) in [5, 5.41) is 7.60. The lowest BCUT2D eigenvalue weighted by molar-refractivity contribution is 0.0531. The van der Waals surface area contributed by atoms with Gasteiger partial charge in [-0.25, -0.2) is 9.78 Å². The van der Waals surface area contributed by atoms with Gasteiger partial charge in [0.2, 0.25) is 0 Å². The molecule has 2 rings (SSSR count). The number of nitrogens with one attached hydrogen (secondary N) is 2. The number of guanidine groups is 1. The van der Waals surface area contributed by atoms with E-state index in [0.717, 1.165) is 23.2 Å². The minimum Gasteiger partial charge on any atom is -0.462 e. The summed E-state index contributed by atoms with van der Waals surface area (Å²) < 4.78 is 5.06. The molecular weight excluding hydrogens is 427 g/mol. The highest BCUT2D eigenvalue weighted by Gasteiger charge is 2.24. The van der Waals surface area contributed by atoms with Gasteiger partial charge in [0.1, 0.15) is 9.88 Å². The Bertz CT molecular complexity index is 558. The number of esters is 1. The van der Waals surface area contributed by atoms with Crippen LogP contribution in [0, 0.1) is 6.92 Å². The number of aromatic nitrogens is 1. The molecule has 1 saturated carbocycles. The lowest BCUT2D eigenvalue weighted by Gasteiger charge is -2.16. The Morgan fingerprint density at radius 3 is 2.74 bits per heavy atom. The van der Waals surface area contributed by atoms with E-state index in [0.29, 0.717) is 17.5 Å². The molecule has 23 heavy (non-hydrogen) atoms. The van der Waals surface area contributed by atoms with Crippen molar-refractivity contribution in [1.82, 2.24) is 15.6 Å². The van der Waals surface area contributed by atoms with Crippen molar-refractivity contribution in [3.05, 3.63) is 15.6 Å². The van der Waals surface area contributed by atoms with E-state index in [9.17, 15) is 4.79 Å². The largest absolute Gasteiger partial charge is 0.462 e. The predicted molar refractivity (Wildman–Crippen MR) is 104 cm³/mol. The Kier molecular flexibility index (Phi) is 8.24. The van der Waals surface area contributed by atoms with Crippen molar-refractivity contribution in [1.29, 1.82) is 0 Å². The first-order valence-corrected chi connectivity index (χ1v) is 8.58. The third kappa shape index (κ3) is 5.91. The Morgan fingerprint density at radius 1 is 1.48 bits per heavy atom. The van der Waals surface area contributed by atoms with Gasteiger partial charge in [0.15, 0.2) is 5.96 Å². The number of rotatable bonds is 6. The van der Waals surface area contributed by atoms with Crippen LogP contribution in [0.5, 0.6) is 0 Å². The highest BCUT2D eigenvalue weighted by Crippen LogP contribution is 2.24. The summed E-state index contributed by atoms with van der Waals surface area (Å²) in [7, 11) is 0. The molecule has 0 aromatic carbocycles. The van der Waals surface area contributed by atoms with Crippen LogP contribution in [0.1, 0.15) is 60.0 Å². The van der Waals surface area contributed by atoms with E-state index in [4.69, 9.17) is 4.74 Å². The van der Waals surface area contributed by atoms with E-state index in [1.165, 1.54) is 24.2 Å². The molecule has 2 N–H and O–H groups in total. The maximum atomic E-state index is 11.9. The number of hydrogen-bond acceptors (Lipinski definition) is 5. The van der Waals surface area contributed by atoms with Gasteiger partial charge in [0.25, 0.3) is 0 Å². The smallest absolute Gasteiger partial charge is 0.350 e. The summed E-state index contributed by atoms with van der Waals surface area (Å²) in [4.78, 5) is 21.4. The van der Waals surface area contributed by atoms with Gasteiger partial charge in [-0.3, -0.25) is 4.99 Å². The van der Waals surface area contributed by atoms with Crippen LogP contribution in [-0.4, -0.2) is 36.1 Å². The Morgan fingerprint density at radius 2 is 2.17 bits per heavy atom. The van der Waals surface area contributed by atoms with Crippen molar-refractivity contribution in [2.75, 3.05) is 13.2 Å². The maximum Gasteiger partial charge on any atom is 0.350 e. The number of ether oxygens (including phenoxy) is 1. The van der Waals surface area contributed by atoms with E-state index in [1.807, 2.05) is 20.8 Å². The van der Waals surface area contributed by atoms with Crippen molar-refractivity contribution in [3.8, 4) is 0 Å². The zero-order chi connectivity index (χ0) is 16.1. The first-order valence-electron chi connectivity index (χ1n) is 7.77. The van der Waals surface area contributed by atoms with E-state index < -0.39 is 0 Å². The standard InChI is InChI=1S/C15H24N4O2S.HI/c1-5-16-15(19-11-7-8-11)18-10(4)13-17-9(3)12(22-13)14(20)21-6-2;/h10-11H,5-8H2,1-4H3,(H2,16,18,19);1H. The number of hydrogen-bond donors (Lipinski definition) is 2. The van der Waals surface area contributed by atoms with Crippen LogP contribution in [0.2, 0.25) is 0 Å². The van der Waals surface area contributed by atoms with Crippen LogP contribution < -0.4 is 10.6 Å². The molecule has 1 atom stereocenters. The van der Waals surface area contributed by atoms with Crippen molar-refractivity contribution in [3.63, 3.8) is 0 Å². The second-order valence-electron chi connectivity index (χ2n) is 5.29. The number of aryl methyl sites for hydroxylation is 1. The third-order valence-electron chi connectivity index (χ3n) is 3.23. The number of carbonyl (C=O) groups is 1. The number of nitrogens with zero attached hydrogens (tertiary/aromatic N) is 2. The molecule has 1 aromatic rings. The summed E-state index contributed by atoms with van der Waals surface area (Å²) in [6, 6.07) is 0.529. The molecule has 0 bridgehead atoms. The van der Waals surface area contributed by atoms with Crippen LogP contribution in [0.15, 0.2) is 4.99 Å². The van der Waals surface area contributed by atoms with Gasteiger partial charge >= 0.3 is 5.97 Å². The van der Waals surface area contributed by atoms with Crippen LogP contribution in [-0.2, 0) is 4.74 Å². The predicted octanol–water partition coefficient (Wildman–Crippen LogP) is 3.02. The molecule has 8 heteroatoms. The van der Waals surface area contributed by atoms with Gasteiger partial charge in [0.05, 0.1) is 18.3 Å².